The number of methoxy groups -OCH3 is 1. The van der Waals surface area contributed by atoms with E-state index in [0.717, 1.165) is 12.1 Å². The first-order valence-corrected chi connectivity index (χ1v) is 7.20. The fourth-order valence-corrected chi connectivity index (χ4v) is 2.26. The van der Waals surface area contributed by atoms with Gasteiger partial charge in [-0.05, 0) is 36.4 Å². The van der Waals surface area contributed by atoms with E-state index < -0.39 is 17.7 Å². The summed E-state index contributed by atoms with van der Waals surface area (Å²) < 4.78 is 48.4. The van der Waals surface area contributed by atoms with E-state index in [1.165, 1.54) is 25.5 Å². The number of rotatable bonds is 3. The van der Waals surface area contributed by atoms with Crippen LogP contribution in [0.15, 0.2) is 59.2 Å². The van der Waals surface area contributed by atoms with Gasteiger partial charge in [0.15, 0.2) is 0 Å². The second-order valence-corrected chi connectivity index (χ2v) is 5.19. The van der Waals surface area contributed by atoms with Crippen LogP contribution in [0.3, 0.4) is 0 Å². The molecule has 0 saturated heterocycles. The first kappa shape index (κ1) is 16.8. The van der Waals surface area contributed by atoms with Gasteiger partial charge in [0.1, 0.15) is 12.0 Å². The highest BCUT2D eigenvalue weighted by Gasteiger charge is 2.30. The van der Waals surface area contributed by atoms with Gasteiger partial charge in [-0.2, -0.15) is 13.2 Å². The molecule has 25 heavy (non-hydrogen) atoms. The third-order valence-electron chi connectivity index (χ3n) is 3.54. The molecule has 0 unspecified atom stereocenters. The fourth-order valence-electron chi connectivity index (χ4n) is 2.26. The van der Waals surface area contributed by atoms with E-state index in [0.29, 0.717) is 16.7 Å². The van der Waals surface area contributed by atoms with Gasteiger partial charge in [-0.3, -0.25) is 0 Å². The summed E-state index contributed by atoms with van der Waals surface area (Å²) in [6.45, 7) is 0. The number of aromatic nitrogens is 1. The van der Waals surface area contributed by atoms with Gasteiger partial charge in [-0.25, -0.2) is 9.78 Å². The first-order valence-electron chi connectivity index (χ1n) is 7.20. The van der Waals surface area contributed by atoms with Crippen LogP contribution in [-0.2, 0) is 10.9 Å². The summed E-state index contributed by atoms with van der Waals surface area (Å²) in [5.74, 6) is -0.229. The standard InChI is InChI=1S/C18H12F3NO3/c1-24-17(23)12-7-5-11(6-8-12)16-22-15(10-25-16)13-3-2-4-14(9-13)18(19,20)21/h2-10H,1H3. The highest BCUT2D eigenvalue weighted by atomic mass is 19.4. The van der Waals surface area contributed by atoms with Gasteiger partial charge in [-0.15, -0.1) is 0 Å². The molecule has 1 aromatic heterocycles. The molecule has 0 aliphatic heterocycles. The van der Waals surface area contributed by atoms with Crippen molar-refractivity contribution in [1.29, 1.82) is 0 Å². The normalized spacial score (nSPS) is 11.4. The number of halogens is 3. The van der Waals surface area contributed by atoms with Crippen molar-refractivity contribution in [1.82, 2.24) is 4.98 Å². The molecule has 0 aliphatic rings. The highest BCUT2D eigenvalue weighted by molar-refractivity contribution is 5.89. The van der Waals surface area contributed by atoms with Crippen molar-refractivity contribution in [3.8, 4) is 22.7 Å². The lowest BCUT2D eigenvalue weighted by atomic mass is 10.1. The van der Waals surface area contributed by atoms with Crippen LogP contribution < -0.4 is 0 Å². The molecule has 0 spiro atoms. The van der Waals surface area contributed by atoms with E-state index in [2.05, 4.69) is 9.72 Å². The third-order valence-corrected chi connectivity index (χ3v) is 3.54. The number of oxazole rings is 1. The van der Waals surface area contributed by atoms with E-state index in [-0.39, 0.29) is 11.6 Å². The Morgan fingerprint density at radius 3 is 2.44 bits per heavy atom. The zero-order valence-corrected chi connectivity index (χ0v) is 13.0. The van der Waals surface area contributed by atoms with Crippen LogP contribution in [0.2, 0.25) is 0 Å². The summed E-state index contributed by atoms with van der Waals surface area (Å²) in [6.07, 6.45) is -3.13. The second kappa shape index (κ2) is 6.43. The third kappa shape index (κ3) is 3.55. The lowest BCUT2D eigenvalue weighted by molar-refractivity contribution is -0.137. The van der Waals surface area contributed by atoms with Gasteiger partial charge in [0.2, 0.25) is 5.89 Å². The maximum absolute atomic E-state index is 12.8. The molecule has 128 valence electrons. The molecule has 0 amide bonds. The maximum atomic E-state index is 12.8. The van der Waals surface area contributed by atoms with E-state index >= 15 is 0 Å². The Kier molecular flexibility index (Phi) is 4.31. The Balaban J connectivity index is 1.89. The summed E-state index contributed by atoms with van der Waals surface area (Å²) in [6, 6.07) is 11.2. The predicted octanol–water partition coefficient (Wildman–Crippen LogP) is 4.81. The minimum Gasteiger partial charge on any atom is -0.465 e. The average Bonchev–Trinajstić information content (AvgIpc) is 3.11. The van der Waals surface area contributed by atoms with Crippen molar-refractivity contribution in [2.45, 2.75) is 6.18 Å². The van der Waals surface area contributed by atoms with Crippen LogP contribution in [0.5, 0.6) is 0 Å². The molecular formula is C18H12F3NO3. The van der Waals surface area contributed by atoms with E-state index in [1.807, 2.05) is 0 Å². The molecule has 2 aromatic carbocycles. The Bertz CT molecular complexity index is 898. The number of hydrogen-bond acceptors (Lipinski definition) is 4. The maximum Gasteiger partial charge on any atom is 0.416 e. The summed E-state index contributed by atoms with van der Waals surface area (Å²) >= 11 is 0. The molecule has 0 bridgehead atoms. The zero-order chi connectivity index (χ0) is 18.0. The minimum absolute atomic E-state index is 0.240. The lowest BCUT2D eigenvalue weighted by Crippen LogP contribution is -2.04. The van der Waals surface area contributed by atoms with Gasteiger partial charge in [0.05, 0.1) is 18.2 Å². The summed E-state index contributed by atoms with van der Waals surface area (Å²) in [5, 5.41) is 0. The molecule has 3 rings (SSSR count). The summed E-state index contributed by atoms with van der Waals surface area (Å²) in [4.78, 5) is 15.6. The van der Waals surface area contributed by atoms with Crippen molar-refractivity contribution in [2.75, 3.05) is 7.11 Å². The first-order chi connectivity index (χ1) is 11.9. The summed E-state index contributed by atoms with van der Waals surface area (Å²) in [7, 11) is 1.28. The van der Waals surface area contributed by atoms with Crippen molar-refractivity contribution >= 4 is 5.97 Å². The van der Waals surface area contributed by atoms with Crippen LogP contribution >= 0.6 is 0 Å². The molecule has 7 heteroatoms. The van der Waals surface area contributed by atoms with Crippen LogP contribution in [0.25, 0.3) is 22.7 Å². The Hall–Kier alpha value is -3.09. The van der Waals surface area contributed by atoms with Crippen molar-refractivity contribution in [3.63, 3.8) is 0 Å². The number of benzene rings is 2. The number of esters is 1. The lowest BCUT2D eigenvalue weighted by Gasteiger charge is -2.07. The molecule has 4 nitrogen and oxygen atoms in total. The van der Waals surface area contributed by atoms with Gasteiger partial charge >= 0.3 is 12.1 Å². The topological polar surface area (TPSA) is 52.3 Å². The Morgan fingerprint density at radius 1 is 1.08 bits per heavy atom. The molecule has 0 saturated carbocycles. The Morgan fingerprint density at radius 2 is 1.80 bits per heavy atom. The fraction of sp³-hybridized carbons (Fsp3) is 0.111. The van der Waals surface area contributed by atoms with Gasteiger partial charge in [0, 0.05) is 11.1 Å². The molecule has 1 heterocycles. The number of nitrogens with zero attached hydrogens (tertiary/aromatic N) is 1. The van der Waals surface area contributed by atoms with Crippen LogP contribution in [0.4, 0.5) is 13.2 Å². The number of carbonyl (C=O) groups excluding carboxylic acids is 1. The van der Waals surface area contributed by atoms with Crippen molar-refractivity contribution in [3.05, 3.63) is 65.9 Å². The summed E-state index contributed by atoms with van der Waals surface area (Å²) in [5.41, 5.74) is 0.799. The van der Waals surface area contributed by atoms with E-state index in [9.17, 15) is 18.0 Å². The molecule has 0 atom stereocenters. The SMILES string of the molecule is COC(=O)c1ccc(-c2nc(-c3cccc(C(F)(F)F)c3)co2)cc1. The number of hydrogen-bond donors (Lipinski definition) is 0. The molecule has 0 N–H and O–H groups in total. The van der Waals surface area contributed by atoms with E-state index in [1.54, 1.807) is 24.3 Å². The van der Waals surface area contributed by atoms with Gasteiger partial charge in [-0.1, -0.05) is 12.1 Å². The van der Waals surface area contributed by atoms with Crippen LogP contribution in [-0.4, -0.2) is 18.1 Å². The Labute approximate surface area is 140 Å². The van der Waals surface area contributed by atoms with Crippen LogP contribution in [0, 0.1) is 0 Å². The van der Waals surface area contributed by atoms with E-state index in [4.69, 9.17) is 4.42 Å². The average molecular weight is 347 g/mol. The predicted molar refractivity (Wildman–Crippen MR) is 83.7 cm³/mol. The minimum atomic E-state index is -4.42. The zero-order valence-electron chi connectivity index (χ0n) is 13.0. The number of ether oxygens (including phenoxy) is 1. The molecule has 0 fully saturated rings. The van der Waals surface area contributed by atoms with Gasteiger partial charge in [0.25, 0.3) is 0 Å². The molecule has 0 aliphatic carbocycles. The quantitative estimate of drug-likeness (QED) is 0.638. The largest absolute Gasteiger partial charge is 0.465 e. The monoisotopic (exact) mass is 347 g/mol. The van der Waals surface area contributed by atoms with Crippen molar-refractivity contribution < 1.29 is 27.1 Å². The smallest absolute Gasteiger partial charge is 0.416 e. The molecule has 3 aromatic rings. The van der Waals surface area contributed by atoms with Crippen molar-refractivity contribution in [2.24, 2.45) is 0 Å². The number of alkyl halides is 3. The second-order valence-electron chi connectivity index (χ2n) is 5.19. The molecular weight excluding hydrogens is 335 g/mol. The molecule has 0 radical (unpaired) electrons. The van der Waals surface area contributed by atoms with Gasteiger partial charge < -0.3 is 9.15 Å². The highest BCUT2D eigenvalue weighted by Crippen LogP contribution is 2.32. The van der Waals surface area contributed by atoms with Crippen LogP contribution in [0.1, 0.15) is 15.9 Å². The number of carbonyl (C=O) groups is 1.